The maximum absolute atomic E-state index is 12.8. The van der Waals surface area contributed by atoms with E-state index in [1.165, 1.54) is 5.57 Å². The lowest BCUT2D eigenvalue weighted by Gasteiger charge is -2.58. The van der Waals surface area contributed by atoms with Gasteiger partial charge in [0.05, 0.1) is 6.10 Å². The van der Waals surface area contributed by atoms with E-state index in [0.29, 0.717) is 38.0 Å². The summed E-state index contributed by atoms with van der Waals surface area (Å²) < 4.78 is 68.0. The van der Waals surface area contributed by atoms with Crippen LogP contribution in [0.15, 0.2) is 11.6 Å². The standard InChI is InChI=1S/C21H32O5S/c1-13(22)17-6-7-18-16-5-4-14-12-15(26-27(23,24)25)8-10-20(14,2)19(16)9-11-21(17,18)3/h4,15-19H,5-12H2,1-3H3,(H,23,24,25)/t15?,16-,17-,18-,19?,20-,21+/m0/s1/i1D3,17D. The fourth-order valence-corrected chi connectivity index (χ4v) is 7.58. The highest BCUT2D eigenvalue weighted by atomic mass is 32.3. The van der Waals surface area contributed by atoms with E-state index < -0.39 is 40.4 Å². The minimum Gasteiger partial charge on any atom is -0.300 e. The Labute approximate surface area is 168 Å². The molecule has 0 amide bonds. The molecular weight excluding hydrogens is 364 g/mol. The summed E-state index contributed by atoms with van der Waals surface area (Å²) in [5, 5.41) is 0. The Morgan fingerprint density at radius 2 is 2.04 bits per heavy atom. The van der Waals surface area contributed by atoms with Crippen molar-refractivity contribution < 1.29 is 27.4 Å². The van der Waals surface area contributed by atoms with Crippen LogP contribution in [-0.4, -0.2) is 24.9 Å². The third kappa shape index (κ3) is 3.12. The first-order valence-electron chi connectivity index (χ1n) is 12.0. The Balaban J connectivity index is 1.61. The van der Waals surface area contributed by atoms with Crippen molar-refractivity contribution >= 4 is 16.2 Å². The molecule has 5 nitrogen and oxygen atoms in total. The van der Waals surface area contributed by atoms with Crippen molar-refractivity contribution in [1.29, 1.82) is 0 Å². The molecule has 0 aromatic carbocycles. The van der Waals surface area contributed by atoms with E-state index in [9.17, 15) is 13.2 Å². The summed E-state index contributed by atoms with van der Waals surface area (Å²) in [5.74, 6) is -1.73. The van der Waals surface area contributed by atoms with Gasteiger partial charge in [0.15, 0.2) is 0 Å². The second-order valence-electron chi connectivity index (χ2n) is 9.45. The topological polar surface area (TPSA) is 80.7 Å². The molecule has 152 valence electrons. The van der Waals surface area contributed by atoms with Crippen LogP contribution >= 0.6 is 0 Å². The highest BCUT2D eigenvalue weighted by molar-refractivity contribution is 7.80. The number of hydrogen-bond donors (Lipinski definition) is 1. The van der Waals surface area contributed by atoms with Crippen LogP contribution in [0, 0.1) is 34.5 Å². The lowest BCUT2D eigenvalue weighted by atomic mass is 9.47. The molecule has 7 atom stereocenters. The average Bonchev–Trinajstić information content (AvgIpc) is 2.91. The molecule has 4 aliphatic rings. The maximum atomic E-state index is 12.8. The third-order valence-electron chi connectivity index (χ3n) is 8.37. The van der Waals surface area contributed by atoms with Gasteiger partial charge in [0.25, 0.3) is 0 Å². The Hall–Kier alpha value is -0.720. The van der Waals surface area contributed by atoms with E-state index in [0.717, 1.165) is 19.3 Å². The molecule has 1 N–H and O–H groups in total. The molecular formula is C21H32O5S. The Morgan fingerprint density at radius 1 is 1.26 bits per heavy atom. The summed E-state index contributed by atoms with van der Waals surface area (Å²) >= 11 is 0. The van der Waals surface area contributed by atoms with E-state index >= 15 is 0 Å². The maximum Gasteiger partial charge on any atom is 0.397 e. The van der Waals surface area contributed by atoms with Crippen LogP contribution in [0.3, 0.4) is 0 Å². The van der Waals surface area contributed by atoms with Gasteiger partial charge < -0.3 is 0 Å². The molecule has 2 unspecified atom stereocenters. The second kappa shape index (κ2) is 6.39. The summed E-state index contributed by atoms with van der Waals surface area (Å²) in [6.07, 6.45) is 6.63. The third-order valence-corrected chi connectivity index (χ3v) is 8.89. The molecule has 0 aromatic heterocycles. The predicted molar refractivity (Wildman–Crippen MR) is 102 cm³/mol. The van der Waals surface area contributed by atoms with Gasteiger partial charge in [-0.2, -0.15) is 8.42 Å². The number of ketones is 1. The fraction of sp³-hybridized carbons (Fsp3) is 0.857. The zero-order valence-corrected chi connectivity index (χ0v) is 16.8. The van der Waals surface area contributed by atoms with Gasteiger partial charge in [0.2, 0.25) is 0 Å². The Kier molecular flexibility index (Phi) is 3.59. The number of carbonyl (C=O) groups is 1. The normalized spacial score (nSPS) is 52.2. The number of hydrogen-bond acceptors (Lipinski definition) is 4. The van der Waals surface area contributed by atoms with Crippen LogP contribution in [-0.2, 0) is 19.4 Å². The molecule has 6 heteroatoms. The molecule has 27 heavy (non-hydrogen) atoms. The average molecular weight is 401 g/mol. The van der Waals surface area contributed by atoms with Crippen molar-refractivity contribution in [2.75, 3.05) is 0 Å². The van der Waals surface area contributed by atoms with Crippen molar-refractivity contribution in [3.63, 3.8) is 0 Å². The van der Waals surface area contributed by atoms with Gasteiger partial charge in [-0.25, -0.2) is 4.18 Å². The summed E-state index contributed by atoms with van der Waals surface area (Å²) in [6.45, 7) is 1.42. The van der Waals surface area contributed by atoms with E-state index in [1.54, 1.807) is 0 Å². The quantitative estimate of drug-likeness (QED) is 0.563. The molecule has 0 heterocycles. The van der Waals surface area contributed by atoms with E-state index in [2.05, 4.69) is 13.0 Å². The molecule has 4 rings (SSSR count). The van der Waals surface area contributed by atoms with Gasteiger partial charge in [-0.15, -0.1) is 0 Å². The Morgan fingerprint density at radius 3 is 2.74 bits per heavy atom. The van der Waals surface area contributed by atoms with E-state index in [-0.39, 0.29) is 17.3 Å². The molecule has 4 aliphatic carbocycles. The smallest absolute Gasteiger partial charge is 0.300 e. The van der Waals surface area contributed by atoms with Crippen LogP contribution < -0.4 is 0 Å². The zero-order valence-electron chi connectivity index (χ0n) is 20.0. The number of allylic oxidation sites excluding steroid dienone is 1. The summed E-state index contributed by atoms with van der Waals surface area (Å²) in [5.41, 5.74) is 0.419. The zero-order chi connectivity index (χ0) is 23.0. The van der Waals surface area contributed by atoms with Gasteiger partial charge in [-0.3, -0.25) is 9.35 Å². The van der Waals surface area contributed by atoms with Gasteiger partial charge in [-0.1, -0.05) is 25.5 Å². The highest BCUT2D eigenvalue weighted by Crippen LogP contribution is 2.66. The molecule has 0 saturated heterocycles. The van der Waals surface area contributed by atoms with E-state index in [4.69, 9.17) is 14.2 Å². The molecule has 3 fully saturated rings. The summed E-state index contributed by atoms with van der Waals surface area (Å²) in [7, 11) is -4.48. The van der Waals surface area contributed by atoms with Gasteiger partial charge in [0, 0.05) is 11.4 Å². The van der Waals surface area contributed by atoms with E-state index in [1.807, 2.05) is 6.92 Å². The first-order valence-corrected chi connectivity index (χ1v) is 11.4. The van der Waals surface area contributed by atoms with Gasteiger partial charge in [-0.05, 0) is 86.8 Å². The minimum absolute atomic E-state index is 0.107. The molecule has 0 aromatic rings. The molecule has 3 saturated carbocycles. The number of rotatable bonds is 3. The second-order valence-corrected chi connectivity index (χ2v) is 10.5. The van der Waals surface area contributed by atoms with Crippen molar-refractivity contribution in [3.8, 4) is 0 Å². The van der Waals surface area contributed by atoms with Crippen LogP contribution in [0.4, 0.5) is 0 Å². The van der Waals surface area contributed by atoms with Crippen molar-refractivity contribution in [2.24, 2.45) is 34.5 Å². The molecule has 0 radical (unpaired) electrons. The molecule has 0 aliphatic heterocycles. The lowest BCUT2D eigenvalue weighted by Crippen LogP contribution is -2.51. The van der Waals surface area contributed by atoms with Crippen LogP contribution in [0.2, 0.25) is 0 Å². The minimum atomic E-state index is -4.48. The van der Waals surface area contributed by atoms with Crippen LogP contribution in [0.1, 0.15) is 77.5 Å². The summed E-state index contributed by atoms with van der Waals surface area (Å²) in [4.78, 5) is 12.8. The van der Waals surface area contributed by atoms with Crippen LogP contribution in [0.25, 0.3) is 0 Å². The number of Topliss-reactive ketones (excluding diaryl/α,β-unsaturated/α-hetero) is 1. The lowest BCUT2D eigenvalue weighted by molar-refractivity contribution is -0.127. The SMILES string of the molecule is [2H]C([2H])([2H])C(=O)[C@]1([2H])CC[C@H]2[C@@H]3CC=C4CC(OS(=O)(=O)O)CC[C@]4(C)C3CC[C@@]21C. The monoisotopic (exact) mass is 400 g/mol. The molecule has 0 spiro atoms. The van der Waals surface area contributed by atoms with Crippen molar-refractivity contribution in [2.45, 2.75) is 78.2 Å². The van der Waals surface area contributed by atoms with Gasteiger partial charge in [0.1, 0.15) is 5.78 Å². The van der Waals surface area contributed by atoms with Crippen molar-refractivity contribution in [1.82, 2.24) is 0 Å². The number of fused-ring (bicyclic) bond motifs is 5. The first kappa shape index (κ1) is 15.2. The molecule has 0 bridgehead atoms. The Bertz CT molecular complexity index is 915. The largest absolute Gasteiger partial charge is 0.397 e. The fourth-order valence-electron chi connectivity index (χ4n) is 7.07. The predicted octanol–water partition coefficient (Wildman–Crippen LogP) is 4.34. The van der Waals surface area contributed by atoms with Crippen LogP contribution in [0.5, 0.6) is 0 Å². The number of carbonyl (C=O) groups excluding carboxylic acids is 1. The first-order chi connectivity index (χ1) is 14.1. The highest BCUT2D eigenvalue weighted by Gasteiger charge is 2.59. The van der Waals surface area contributed by atoms with Crippen molar-refractivity contribution in [3.05, 3.63) is 11.6 Å². The summed E-state index contributed by atoms with van der Waals surface area (Å²) in [6, 6.07) is 0. The van der Waals surface area contributed by atoms with Gasteiger partial charge >= 0.3 is 10.4 Å².